The maximum atomic E-state index is 11.7. The average molecular weight is 323 g/mol. The first-order valence-corrected chi connectivity index (χ1v) is 10.5. The van der Waals surface area contributed by atoms with E-state index in [0.29, 0.717) is 5.75 Å². The van der Waals surface area contributed by atoms with Crippen molar-refractivity contribution in [3.63, 3.8) is 0 Å². The summed E-state index contributed by atoms with van der Waals surface area (Å²) < 4.78 is 23.4. The lowest BCUT2D eigenvalue weighted by Gasteiger charge is -2.07. The van der Waals surface area contributed by atoms with Gasteiger partial charge >= 0.3 is 0 Å². The molecule has 0 bridgehead atoms. The zero-order chi connectivity index (χ0) is 16.0. The maximum absolute atomic E-state index is 11.7. The minimum atomic E-state index is -2.84. The predicted octanol–water partition coefficient (Wildman–Crippen LogP) is 4.49. The SMILES string of the molecule is CC(C)S(=O)(=O)CCCCCCCc1ccc2c(c1)CCC2. The average Bonchev–Trinajstić information content (AvgIpc) is 2.93. The number of aryl methyl sites for hydroxylation is 3. The van der Waals surface area contributed by atoms with Crippen LogP contribution in [0.2, 0.25) is 0 Å². The quantitative estimate of drug-likeness (QED) is 0.628. The first-order valence-electron chi connectivity index (χ1n) is 8.81. The second-order valence-electron chi connectivity index (χ2n) is 6.89. The molecule has 1 aliphatic rings. The fourth-order valence-electron chi connectivity index (χ4n) is 3.18. The van der Waals surface area contributed by atoms with E-state index in [1.54, 1.807) is 25.0 Å². The molecule has 0 saturated carbocycles. The van der Waals surface area contributed by atoms with Crippen LogP contribution in [0.4, 0.5) is 0 Å². The summed E-state index contributed by atoms with van der Waals surface area (Å²) in [4.78, 5) is 0. The number of benzene rings is 1. The molecule has 1 aliphatic carbocycles. The number of hydrogen-bond donors (Lipinski definition) is 0. The molecule has 0 amide bonds. The van der Waals surface area contributed by atoms with Crippen LogP contribution in [-0.2, 0) is 29.1 Å². The third-order valence-corrected chi connectivity index (χ3v) is 7.07. The van der Waals surface area contributed by atoms with E-state index in [0.717, 1.165) is 25.7 Å². The Morgan fingerprint density at radius 3 is 2.41 bits per heavy atom. The van der Waals surface area contributed by atoms with Gasteiger partial charge in [0.25, 0.3) is 0 Å². The lowest BCUT2D eigenvalue weighted by atomic mass is 10.0. The van der Waals surface area contributed by atoms with Gasteiger partial charge in [0.15, 0.2) is 9.84 Å². The highest BCUT2D eigenvalue weighted by Gasteiger charge is 2.14. The number of unbranched alkanes of at least 4 members (excludes halogenated alkanes) is 4. The minimum Gasteiger partial charge on any atom is -0.229 e. The van der Waals surface area contributed by atoms with Crippen molar-refractivity contribution in [2.45, 2.75) is 76.9 Å². The van der Waals surface area contributed by atoms with Gasteiger partial charge in [-0.3, -0.25) is 0 Å². The van der Waals surface area contributed by atoms with Gasteiger partial charge in [0.1, 0.15) is 0 Å². The van der Waals surface area contributed by atoms with Crippen molar-refractivity contribution in [3.05, 3.63) is 34.9 Å². The van der Waals surface area contributed by atoms with Gasteiger partial charge in [0.05, 0.1) is 11.0 Å². The molecule has 0 N–H and O–H groups in total. The molecule has 0 unspecified atom stereocenters. The van der Waals surface area contributed by atoms with Gasteiger partial charge in [0.2, 0.25) is 0 Å². The fourth-order valence-corrected chi connectivity index (χ4v) is 4.26. The van der Waals surface area contributed by atoms with Crippen LogP contribution >= 0.6 is 0 Å². The summed E-state index contributed by atoms with van der Waals surface area (Å²) in [7, 11) is -2.84. The van der Waals surface area contributed by atoms with Crippen molar-refractivity contribution in [3.8, 4) is 0 Å². The lowest BCUT2D eigenvalue weighted by molar-refractivity contribution is 0.577. The van der Waals surface area contributed by atoms with E-state index in [2.05, 4.69) is 18.2 Å². The zero-order valence-corrected chi connectivity index (χ0v) is 14.9. The van der Waals surface area contributed by atoms with E-state index in [4.69, 9.17) is 0 Å². The van der Waals surface area contributed by atoms with Gasteiger partial charge in [-0.1, -0.05) is 37.5 Å². The second-order valence-corrected chi connectivity index (χ2v) is 9.57. The topological polar surface area (TPSA) is 34.1 Å². The Kier molecular flexibility index (Phi) is 6.49. The van der Waals surface area contributed by atoms with E-state index < -0.39 is 9.84 Å². The van der Waals surface area contributed by atoms with E-state index in [9.17, 15) is 8.42 Å². The summed E-state index contributed by atoms with van der Waals surface area (Å²) in [5.41, 5.74) is 4.59. The molecule has 2 nitrogen and oxygen atoms in total. The third kappa shape index (κ3) is 5.12. The molecular formula is C19H30O2S. The molecule has 0 aromatic heterocycles. The molecule has 3 heteroatoms. The Hall–Kier alpha value is -0.830. The van der Waals surface area contributed by atoms with Crippen molar-refractivity contribution in [2.75, 3.05) is 5.75 Å². The summed E-state index contributed by atoms with van der Waals surface area (Å²) in [6.45, 7) is 3.54. The Morgan fingerprint density at radius 1 is 0.955 bits per heavy atom. The van der Waals surface area contributed by atoms with Crippen molar-refractivity contribution >= 4 is 9.84 Å². The fraction of sp³-hybridized carbons (Fsp3) is 0.684. The normalized spacial score (nSPS) is 14.5. The largest absolute Gasteiger partial charge is 0.229 e. The molecule has 1 aromatic carbocycles. The van der Waals surface area contributed by atoms with Crippen LogP contribution in [0.25, 0.3) is 0 Å². The van der Waals surface area contributed by atoms with Crippen LogP contribution in [0.1, 0.15) is 69.1 Å². The highest BCUT2D eigenvalue weighted by atomic mass is 32.2. The monoisotopic (exact) mass is 322 g/mol. The Bertz CT molecular complexity index is 573. The maximum Gasteiger partial charge on any atom is 0.152 e. The Balaban J connectivity index is 1.58. The van der Waals surface area contributed by atoms with E-state index >= 15 is 0 Å². The van der Waals surface area contributed by atoms with Crippen LogP contribution in [-0.4, -0.2) is 19.4 Å². The van der Waals surface area contributed by atoms with E-state index in [1.165, 1.54) is 37.7 Å². The first-order chi connectivity index (χ1) is 10.5. The molecule has 0 radical (unpaired) electrons. The minimum absolute atomic E-state index is 0.229. The van der Waals surface area contributed by atoms with Gasteiger partial charge < -0.3 is 0 Å². The van der Waals surface area contributed by atoms with Gasteiger partial charge in [-0.2, -0.15) is 0 Å². The number of hydrogen-bond acceptors (Lipinski definition) is 2. The highest BCUT2D eigenvalue weighted by Crippen LogP contribution is 2.23. The summed E-state index contributed by atoms with van der Waals surface area (Å²) in [5.74, 6) is 0.357. The second kappa shape index (κ2) is 8.14. The Labute approximate surface area is 136 Å². The van der Waals surface area contributed by atoms with Crippen molar-refractivity contribution in [1.29, 1.82) is 0 Å². The van der Waals surface area contributed by atoms with Gasteiger partial charge in [-0.15, -0.1) is 0 Å². The first kappa shape index (κ1) is 17.5. The smallest absolute Gasteiger partial charge is 0.152 e. The summed E-state index contributed by atoms with van der Waals surface area (Å²) in [5, 5.41) is -0.229. The molecule has 0 saturated heterocycles. The molecule has 1 aromatic rings. The van der Waals surface area contributed by atoms with Crippen LogP contribution in [0, 0.1) is 0 Å². The van der Waals surface area contributed by atoms with E-state index in [1.807, 2.05) is 0 Å². The van der Waals surface area contributed by atoms with Gasteiger partial charge in [0, 0.05) is 0 Å². The van der Waals surface area contributed by atoms with Crippen LogP contribution in [0.5, 0.6) is 0 Å². The molecule has 22 heavy (non-hydrogen) atoms. The Morgan fingerprint density at radius 2 is 1.64 bits per heavy atom. The molecule has 124 valence electrons. The van der Waals surface area contributed by atoms with Crippen LogP contribution < -0.4 is 0 Å². The lowest BCUT2D eigenvalue weighted by Crippen LogP contribution is -2.17. The molecule has 2 rings (SSSR count). The molecule has 0 spiro atoms. The molecule has 0 atom stereocenters. The number of rotatable bonds is 9. The third-order valence-electron chi connectivity index (χ3n) is 4.78. The molecular weight excluding hydrogens is 292 g/mol. The van der Waals surface area contributed by atoms with Crippen LogP contribution in [0.3, 0.4) is 0 Å². The molecule has 0 aliphatic heterocycles. The number of fused-ring (bicyclic) bond motifs is 1. The highest BCUT2D eigenvalue weighted by molar-refractivity contribution is 7.91. The van der Waals surface area contributed by atoms with Crippen LogP contribution in [0.15, 0.2) is 18.2 Å². The summed E-state index contributed by atoms with van der Waals surface area (Å²) >= 11 is 0. The summed E-state index contributed by atoms with van der Waals surface area (Å²) in [6, 6.07) is 7.01. The molecule has 0 fully saturated rings. The predicted molar refractivity (Wildman–Crippen MR) is 94.2 cm³/mol. The van der Waals surface area contributed by atoms with Crippen molar-refractivity contribution in [2.24, 2.45) is 0 Å². The summed E-state index contributed by atoms with van der Waals surface area (Å²) in [6.07, 6.45) is 10.4. The van der Waals surface area contributed by atoms with Gasteiger partial charge in [-0.25, -0.2) is 8.42 Å². The van der Waals surface area contributed by atoms with E-state index in [-0.39, 0.29) is 5.25 Å². The zero-order valence-electron chi connectivity index (χ0n) is 14.1. The van der Waals surface area contributed by atoms with Gasteiger partial charge in [-0.05, 0) is 69.1 Å². The molecule has 0 heterocycles. The number of sulfone groups is 1. The van der Waals surface area contributed by atoms with Crippen molar-refractivity contribution in [1.82, 2.24) is 0 Å². The standard InChI is InChI=1S/C19H30O2S/c1-16(2)22(20,21)14-7-5-3-4-6-9-17-12-13-18-10-8-11-19(18)15-17/h12-13,15-16H,3-11,14H2,1-2H3. The van der Waals surface area contributed by atoms with Crippen molar-refractivity contribution < 1.29 is 8.42 Å².